The Morgan fingerprint density at radius 1 is 0.853 bits per heavy atom. The molecule has 1 saturated heterocycles. The molecule has 6 nitrogen and oxygen atoms in total. The van der Waals surface area contributed by atoms with Crippen LogP contribution in [-0.2, 0) is 20.8 Å². The van der Waals surface area contributed by atoms with E-state index in [1.807, 2.05) is 91.0 Å². The average molecular weight is 454 g/mol. The van der Waals surface area contributed by atoms with E-state index in [0.29, 0.717) is 31.5 Å². The summed E-state index contributed by atoms with van der Waals surface area (Å²) in [4.78, 5) is 37.9. The van der Waals surface area contributed by atoms with Gasteiger partial charge in [-0.1, -0.05) is 66.7 Å². The molecule has 1 aliphatic rings. The predicted octanol–water partition coefficient (Wildman–Crippen LogP) is 4.60. The molecular weight excluding hydrogens is 426 g/mol. The minimum absolute atomic E-state index is 0.0145. The number of benzene rings is 3. The molecule has 0 spiro atoms. The molecule has 0 aromatic heterocycles. The molecule has 1 aliphatic heterocycles. The Bertz CT molecular complexity index is 1160. The highest BCUT2D eigenvalue weighted by atomic mass is 16.2. The van der Waals surface area contributed by atoms with Crippen LogP contribution in [0.15, 0.2) is 78.9 Å². The van der Waals surface area contributed by atoms with Crippen molar-refractivity contribution in [1.29, 1.82) is 0 Å². The maximum absolute atomic E-state index is 12.9. The maximum atomic E-state index is 12.9. The molecule has 1 atom stereocenters. The molecule has 34 heavy (non-hydrogen) atoms. The van der Waals surface area contributed by atoms with E-state index < -0.39 is 6.04 Å². The quantitative estimate of drug-likeness (QED) is 0.387. The summed E-state index contributed by atoms with van der Waals surface area (Å²) in [7, 11) is 0. The van der Waals surface area contributed by atoms with E-state index in [1.54, 1.807) is 4.90 Å². The van der Waals surface area contributed by atoms with E-state index in [0.717, 1.165) is 28.8 Å². The first-order valence-electron chi connectivity index (χ1n) is 11.3. The van der Waals surface area contributed by atoms with Crippen molar-refractivity contribution < 1.29 is 14.4 Å². The molecule has 1 heterocycles. The second kappa shape index (κ2) is 11.1. The first kappa shape index (κ1) is 23.0. The smallest absolute Gasteiger partial charge is 0.247 e. The highest BCUT2D eigenvalue weighted by Gasteiger charge is 2.33. The molecule has 6 heteroatoms. The molecule has 0 radical (unpaired) electrons. The van der Waals surface area contributed by atoms with E-state index in [1.165, 1.54) is 0 Å². The van der Waals surface area contributed by atoms with E-state index >= 15 is 0 Å². The lowest BCUT2D eigenvalue weighted by Gasteiger charge is -2.24. The largest absolute Gasteiger partial charge is 0.330 e. The number of likely N-dealkylation sites (tertiary alicyclic amines) is 1. The van der Waals surface area contributed by atoms with Crippen molar-refractivity contribution in [2.24, 2.45) is 0 Å². The van der Waals surface area contributed by atoms with Crippen LogP contribution in [0.1, 0.15) is 29.5 Å². The standard InChI is InChI=1S/C28H27N3O3/c32-20-29-24-14-10-21(11-15-24)8-9-22-12-16-25(17-13-22)30-28(34)26-7-4-18-31(26)27(33)19-23-5-2-1-3-6-23/h1-3,5-6,8-17,20,26H,4,7,18-19H2,(H,29,32)(H,30,34)/b9-8+/t26-/m0/s1. The van der Waals surface area contributed by atoms with Crippen LogP contribution in [-0.4, -0.2) is 35.7 Å². The topological polar surface area (TPSA) is 78.5 Å². The van der Waals surface area contributed by atoms with Gasteiger partial charge in [-0.3, -0.25) is 14.4 Å². The van der Waals surface area contributed by atoms with Gasteiger partial charge in [-0.05, 0) is 53.8 Å². The second-order valence-electron chi connectivity index (χ2n) is 8.24. The van der Waals surface area contributed by atoms with Gasteiger partial charge in [0.15, 0.2) is 0 Å². The summed E-state index contributed by atoms with van der Waals surface area (Å²) in [5.74, 6) is -0.162. The second-order valence-corrected chi connectivity index (χ2v) is 8.24. The van der Waals surface area contributed by atoms with Crippen LogP contribution in [0.2, 0.25) is 0 Å². The summed E-state index contributed by atoms with van der Waals surface area (Å²) in [6.07, 6.45) is 6.42. The van der Waals surface area contributed by atoms with Gasteiger partial charge in [0.1, 0.15) is 6.04 Å². The molecule has 3 aromatic carbocycles. The average Bonchev–Trinajstić information content (AvgIpc) is 3.36. The molecule has 3 amide bonds. The van der Waals surface area contributed by atoms with Crippen molar-refractivity contribution >= 4 is 41.8 Å². The third-order valence-corrected chi connectivity index (χ3v) is 5.86. The first-order chi connectivity index (χ1) is 16.6. The van der Waals surface area contributed by atoms with Crippen molar-refractivity contribution in [3.8, 4) is 0 Å². The molecule has 0 saturated carbocycles. The highest BCUT2D eigenvalue weighted by Crippen LogP contribution is 2.21. The van der Waals surface area contributed by atoms with Crippen LogP contribution >= 0.6 is 0 Å². The van der Waals surface area contributed by atoms with Crippen molar-refractivity contribution in [2.75, 3.05) is 17.2 Å². The molecule has 0 bridgehead atoms. The fraction of sp³-hybridized carbons (Fsp3) is 0.179. The number of carbonyl (C=O) groups is 3. The third kappa shape index (κ3) is 5.98. The number of carbonyl (C=O) groups excluding carboxylic acids is 3. The number of rotatable bonds is 8. The normalized spacial score (nSPS) is 15.3. The van der Waals surface area contributed by atoms with Crippen molar-refractivity contribution in [1.82, 2.24) is 4.90 Å². The molecule has 3 aromatic rings. The van der Waals surface area contributed by atoms with Crippen LogP contribution in [0.25, 0.3) is 12.2 Å². The zero-order chi connectivity index (χ0) is 23.8. The monoisotopic (exact) mass is 453 g/mol. The van der Waals surface area contributed by atoms with E-state index in [4.69, 9.17) is 0 Å². The van der Waals surface area contributed by atoms with Gasteiger partial charge in [0.2, 0.25) is 18.2 Å². The fourth-order valence-electron chi connectivity index (χ4n) is 4.06. The molecule has 4 rings (SSSR count). The SMILES string of the molecule is O=CNc1ccc(/C=C/c2ccc(NC(=O)[C@@H]3CCCN3C(=O)Cc3ccccc3)cc2)cc1. The lowest BCUT2D eigenvalue weighted by atomic mass is 10.1. The van der Waals surface area contributed by atoms with Crippen LogP contribution in [0.4, 0.5) is 11.4 Å². The summed E-state index contributed by atoms with van der Waals surface area (Å²) in [5, 5.41) is 5.57. The van der Waals surface area contributed by atoms with Gasteiger partial charge in [-0.15, -0.1) is 0 Å². The lowest BCUT2D eigenvalue weighted by Crippen LogP contribution is -2.43. The fourth-order valence-corrected chi connectivity index (χ4v) is 4.06. The van der Waals surface area contributed by atoms with E-state index in [2.05, 4.69) is 10.6 Å². The van der Waals surface area contributed by atoms with Gasteiger partial charge in [-0.25, -0.2) is 0 Å². The zero-order valence-corrected chi connectivity index (χ0v) is 18.8. The Morgan fingerprint density at radius 2 is 1.47 bits per heavy atom. The third-order valence-electron chi connectivity index (χ3n) is 5.86. The number of hydrogen-bond acceptors (Lipinski definition) is 3. The van der Waals surface area contributed by atoms with Gasteiger partial charge in [0, 0.05) is 17.9 Å². The molecular formula is C28H27N3O3. The molecule has 1 fully saturated rings. The Labute approximate surface area is 199 Å². The Kier molecular flexibility index (Phi) is 7.50. The van der Waals surface area contributed by atoms with Crippen molar-refractivity contribution in [3.05, 3.63) is 95.6 Å². The number of anilines is 2. The van der Waals surface area contributed by atoms with Crippen LogP contribution in [0.3, 0.4) is 0 Å². The number of amides is 3. The summed E-state index contributed by atoms with van der Waals surface area (Å²) in [6.45, 7) is 0.611. The Morgan fingerprint density at radius 3 is 2.09 bits per heavy atom. The maximum Gasteiger partial charge on any atom is 0.247 e. The van der Waals surface area contributed by atoms with E-state index in [9.17, 15) is 14.4 Å². The zero-order valence-electron chi connectivity index (χ0n) is 18.8. The van der Waals surface area contributed by atoms with Crippen LogP contribution in [0.5, 0.6) is 0 Å². The Balaban J connectivity index is 1.33. The van der Waals surface area contributed by atoms with Crippen molar-refractivity contribution in [3.63, 3.8) is 0 Å². The summed E-state index contributed by atoms with van der Waals surface area (Å²) in [6, 6.07) is 24.3. The summed E-state index contributed by atoms with van der Waals surface area (Å²) >= 11 is 0. The van der Waals surface area contributed by atoms with Gasteiger partial charge < -0.3 is 15.5 Å². The van der Waals surface area contributed by atoms with Crippen LogP contribution in [0, 0.1) is 0 Å². The summed E-state index contributed by atoms with van der Waals surface area (Å²) < 4.78 is 0. The van der Waals surface area contributed by atoms with Gasteiger partial charge in [0.25, 0.3) is 0 Å². The van der Waals surface area contributed by atoms with Crippen molar-refractivity contribution in [2.45, 2.75) is 25.3 Å². The van der Waals surface area contributed by atoms with E-state index in [-0.39, 0.29) is 11.8 Å². The molecule has 2 N–H and O–H groups in total. The van der Waals surface area contributed by atoms with Crippen LogP contribution < -0.4 is 10.6 Å². The first-order valence-corrected chi connectivity index (χ1v) is 11.3. The summed E-state index contributed by atoms with van der Waals surface area (Å²) in [5.41, 5.74) is 4.41. The molecule has 172 valence electrons. The molecule has 0 unspecified atom stereocenters. The number of nitrogens with zero attached hydrogens (tertiary/aromatic N) is 1. The van der Waals surface area contributed by atoms with Gasteiger partial charge in [-0.2, -0.15) is 0 Å². The predicted molar refractivity (Wildman–Crippen MR) is 135 cm³/mol. The van der Waals surface area contributed by atoms with Gasteiger partial charge >= 0.3 is 0 Å². The van der Waals surface area contributed by atoms with Gasteiger partial charge in [0.05, 0.1) is 6.42 Å². The number of nitrogens with one attached hydrogen (secondary N) is 2. The lowest BCUT2D eigenvalue weighted by molar-refractivity contribution is -0.136. The minimum Gasteiger partial charge on any atom is -0.330 e. The minimum atomic E-state index is -0.438. The highest BCUT2D eigenvalue weighted by molar-refractivity contribution is 5.97. The Hall–Kier alpha value is -4.19. The number of hydrogen-bond donors (Lipinski definition) is 2. The molecule has 0 aliphatic carbocycles.